The van der Waals surface area contributed by atoms with E-state index in [0.717, 1.165) is 5.56 Å². The van der Waals surface area contributed by atoms with Gasteiger partial charge in [0, 0.05) is 52.6 Å². The van der Waals surface area contributed by atoms with Gasteiger partial charge in [0.2, 0.25) is 0 Å². The van der Waals surface area contributed by atoms with E-state index in [9.17, 15) is 25.4 Å². The number of benzene rings is 3. The minimum Gasteiger partial charge on any atom is -0.507 e. The third-order valence-corrected chi connectivity index (χ3v) is 6.51. The van der Waals surface area contributed by atoms with Crippen molar-refractivity contribution in [3.8, 4) is 0 Å². The van der Waals surface area contributed by atoms with E-state index in [1.165, 1.54) is 12.1 Å². The van der Waals surface area contributed by atoms with Crippen LogP contribution in [0.4, 0.5) is 11.4 Å². The van der Waals surface area contributed by atoms with Crippen molar-refractivity contribution in [1.29, 1.82) is 5.41 Å². The van der Waals surface area contributed by atoms with Crippen LogP contribution in [0.1, 0.15) is 36.3 Å². The Morgan fingerprint density at radius 3 is 2.20 bits per heavy atom. The third-order valence-electron chi connectivity index (χ3n) is 6.51. The summed E-state index contributed by atoms with van der Waals surface area (Å²) in [6, 6.07) is 24.4. The fourth-order valence-corrected chi connectivity index (χ4v) is 4.93. The molecule has 1 heterocycles. The molecule has 0 fully saturated rings. The maximum atomic E-state index is 13.4. The summed E-state index contributed by atoms with van der Waals surface area (Å²) in [5.41, 5.74) is 3.44. The normalized spacial score (nSPS) is 19.4. The predicted molar refractivity (Wildman–Crippen MR) is 134 cm³/mol. The second-order valence-electron chi connectivity index (χ2n) is 8.57. The number of amidine groups is 1. The molecular formula is C28H23N3O4. The smallest absolute Gasteiger partial charge is 0.269 e. The van der Waals surface area contributed by atoms with Crippen LogP contribution in [0.25, 0.3) is 5.76 Å². The molecule has 1 aliphatic heterocycles. The fraction of sp³-hybridized carbons (Fsp3) is 0.143. The lowest BCUT2D eigenvalue weighted by molar-refractivity contribution is -0.384. The predicted octanol–water partition coefficient (Wildman–Crippen LogP) is 6.15. The molecule has 1 atom stereocenters. The van der Waals surface area contributed by atoms with Gasteiger partial charge in [0.25, 0.3) is 5.69 Å². The lowest BCUT2D eigenvalue weighted by Gasteiger charge is -2.41. The number of anilines is 1. The first-order chi connectivity index (χ1) is 17.0. The van der Waals surface area contributed by atoms with Gasteiger partial charge in [-0.2, -0.15) is 0 Å². The van der Waals surface area contributed by atoms with Crippen molar-refractivity contribution in [2.75, 3.05) is 4.90 Å². The average Bonchev–Trinajstić information content (AvgIpc) is 2.89. The minimum atomic E-state index is -0.596. The van der Waals surface area contributed by atoms with Crippen molar-refractivity contribution in [3.05, 3.63) is 123 Å². The molecule has 0 spiro atoms. The van der Waals surface area contributed by atoms with Crippen molar-refractivity contribution in [2.45, 2.75) is 25.2 Å². The molecule has 7 nitrogen and oxygen atoms in total. The number of allylic oxidation sites excluding steroid dienone is 2. The molecule has 0 saturated carbocycles. The number of rotatable bonds is 4. The third kappa shape index (κ3) is 3.91. The van der Waals surface area contributed by atoms with Crippen molar-refractivity contribution in [2.24, 2.45) is 0 Å². The van der Waals surface area contributed by atoms with Gasteiger partial charge in [-0.15, -0.1) is 0 Å². The molecule has 7 heteroatoms. The van der Waals surface area contributed by atoms with Gasteiger partial charge in [0.05, 0.1) is 4.92 Å². The van der Waals surface area contributed by atoms with Gasteiger partial charge in [0.15, 0.2) is 5.78 Å². The number of aliphatic hydroxyl groups excluding tert-OH is 1. The minimum absolute atomic E-state index is 0.0159. The number of nitrogens with one attached hydrogen (secondary N) is 1. The molecule has 174 valence electrons. The molecule has 0 amide bonds. The Kier molecular flexibility index (Phi) is 5.74. The van der Waals surface area contributed by atoms with Crippen LogP contribution in [0.3, 0.4) is 0 Å². The van der Waals surface area contributed by atoms with Gasteiger partial charge in [-0.05, 0) is 30.5 Å². The number of aliphatic hydroxyl groups is 1. The number of ketones is 1. The van der Waals surface area contributed by atoms with Gasteiger partial charge in [-0.1, -0.05) is 60.7 Å². The van der Waals surface area contributed by atoms with E-state index >= 15 is 0 Å². The Bertz CT molecular complexity index is 1380. The number of Topliss-reactive ketones (excluding diaryl/α,β-unsaturated/α-hetero) is 1. The first-order valence-electron chi connectivity index (χ1n) is 11.4. The van der Waals surface area contributed by atoms with Crippen molar-refractivity contribution < 1.29 is 14.8 Å². The Morgan fingerprint density at radius 2 is 1.57 bits per heavy atom. The van der Waals surface area contributed by atoms with Crippen LogP contribution >= 0.6 is 0 Å². The topological polar surface area (TPSA) is 108 Å². The van der Waals surface area contributed by atoms with E-state index < -0.39 is 10.8 Å². The molecule has 0 radical (unpaired) electrons. The van der Waals surface area contributed by atoms with Crippen LogP contribution in [0.5, 0.6) is 0 Å². The zero-order valence-corrected chi connectivity index (χ0v) is 18.8. The Morgan fingerprint density at radius 1 is 0.943 bits per heavy atom. The van der Waals surface area contributed by atoms with E-state index in [4.69, 9.17) is 0 Å². The Hall–Kier alpha value is -4.52. The quantitative estimate of drug-likeness (QED) is 0.273. The number of nitrogens with zero attached hydrogens (tertiary/aromatic N) is 2. The van der Waals surface area contributed by atoms with Crippen LogP contribution in [0, 0.1) is 15.5 Å². The highest BCUT2D eigenvalue weighted by molar-refractivity contribution is 6.19. The van der Waals surface area contributed by atoms with Gasteiger partial charge >= 0.3 is 0 Å². The molecule has 1 unspecified atom stereocenters. The summed E-state index contributed by atoms with van der Waals surface area (Å²) in [5.74, 6) is -0.636. The summed E-state index contributed by atoms with van der Waals surface area (Å²) in [5, 5.41) is 31.9. The SMILES string of the molecule is N=C1/C(=C(/O)c2ccccc2)C(c2ccccc2)C2=C(CCCC2=O)N1c1ccc([N+](=O)[O-])cc1. The van der Waals surface area contributed by atoms with Gasteiger partial charge < -0.3 is 5.11 Å². The summed E-state index contributed by atoms with van der Waals surface area (Å²) in [7, 11) is 0. The molecular weight excluding hydrogens is 442 g/mol. The summed E-state index contributed by atoms with van der Waals surface area (Å²) < 4.78 is 0. The summed E-state index contributed by atoms with van der Waals surface area (Å²) in [6.07, 6.45) is 1.63. The Labute approximate surface area is 202 Å². The van der Waals surface area contributed by atoms with Gasteiger partial charge in [0.1, 0.15) is 11.6 Å². The lowest BCUT2D eigenvalue weighted by atomic mass is 9.73. The van der Waals surface area contributed by atoms with Crippen molar-refractivity contribution >= 4 is 28.8 Å². The van der Waals surface area contributed by atoms with E-state index in [1.54, 1.807) is 41.3 Å². The number of non-ortho nitro benzene ring substituents is 1. The van der Waals surface area contributed by atoms with Crippen molar-refractivity contribution in [3.63, 3.8) is 0 Å². The second-order valence-corrected chi connectivity index (χ2v) is 8.57. The first kappa shape index (κ1) is 22.3. The number of carbonyl (C=O) groups excluding carboxylic acids is 1. The van der Waals surface area contributed by atoms with Crippen LogP contribution in [-0.2, 0) is 4.79 Å². The number of hydrogen-bond donors (Lipinski definition) is 2. The molecule has 2 N–H and O–H groups in total. The number of hydrogen-bond acceptors (Lipinski definition) is 5. The van der Waals surface area contributed by atoms with Crippen LogP contribution < -0.4 is 4.90 Å². The molecule has 1 aliphatic carbocycles. The maximum Gasteiger partial charge on any atom is 0.269 e. The zero-order valence-electron chi connectivity index (χ0n) is 18.8. The number of nitro benzene ring substituents is 1. The number of carbonyl (C=O) groups is 1. The standard InChI is InChI=1S/C28H23N3O4/c29-28-26(27(33)19-10-5-2-6-11-19)24(18-8-3-1-4-9-18)25-22(12-7-13-23(25)32)30(28)20-14-16-21(17-15-20)31(34)35/h1-6,8-11,14-17,24,29,33H,7,12-13H2/b27-26+,29-28?. The molecule has 0 aromatic heterocycles. The summed E-state index contributed by atoms with van der Waals surface area (Å²) in [6.45, 7) is 0. The largest absolute Gasteiger partial charge is 0.507 e. The monoisotopic (exact) mass is 465 g/mol. The molecule has 2 aliphatic rings. The highest BCUT2D eigenvalue weighted by Gasteiger charge is 2.43. The molecule has 3 aromatic rings. The van der Waals surface area contributed by atoms with Crippen LogP contribution in [-0.4, -0.2) is 21.6 Å². The fourth-order valence-electron chi connectivity index (χ4n) is 4.93. The molecule has 0 saturated heterocycles. The van der Waals surface area contributed by atoms with Crippen LogP contribution in [0.15, 0.2) is 102 Å². The molecule has 3 aromatic carbocycles. The summed E-state index contributed by atoms with van der Waals surface area (Å²) >= 11 is 0. The first-order valence-corrected chi connectivity index (χ1v) is 11.4. The highest BCUT2D eigenvalue weighted by Crippen LogP contribution is 2.47. The van der Waals surface area contributed by atoms with Crippen molar-refractivity contribution in [1.82, 2.24) is 0 Å². The average molecular weight is 466 g/mol. The van der Waals surface area contributed by atoms with Gasteiger partial charge in [-0.25, -0.2) is 0 Å². The lowest BCUT2D eigenvalue weighted by Crippen LogP contribution is -2.42. The number of nitro groups is 1. The molecule has 35 heavy (non-hydrogen) atoms. The summed E-state index contributed by atoms with van der Waals surface area (Å²) in [4.78, 5) is 25.8. The van der Waals surface area contributed by atoms with Crippen LogP contribution in [0.2, 0.25) is 0 Å². The van der Waals surface area contributed by atoms with E-state index in [0.29, 0.717) is 47.4 Å². The highest BCUT2D eigenvalue weighted by atomic mass is 16.6. The van der Waals surface area contributed by atoms with Gasteiger partial charge in [-0.3, -0.25) is 25.2 Å². The maximum absolute atomic E-state index is 13.4. The molecule has 0 bridgehead atoms. The zero-order chi connectivity index (χ0) is 24.5. The van der Waals surface area contributed by atoms with E-state index in [1.807, 2.05) is 36.4 Å². The molecule has 5 rings (SSSR count). The van der Waals surface area contributed by atoms with E-state index in [-0.39, 0.29) is 23.1 Å². The Balaban J connectivity index is 1.79. The second kappa shape index (κ2) is 9.02. The van der Waals surface area contributed by atoms with E-state index in [2.05, 4.69) is 0 Å².